The Morgan fingerprint density at radius 2 is 1.47 bits per heavy atom. The van der Waals surface area contributed by atoms with Crippen LogP contribution in [-0.2, 0) is 10.2 Å². The third-order valence-electron chi connectivity index (χ3n) is 5.09. The Labute approximate surface area is 102 Å². The Balaban J connectivity index is 1.89. The van der Waals surface area contributed by atoms with Gasteiger partial charge in [0.05, 0.1) is 5.41 Å². The van der Waals surface area contributed by atoms with Gasteiger partial charge in [0, 0.05) is 0 Å². The Hall–Kier alpha value is -1.31. The average molecular weight is 230 g/mol. The quantitative estimate of drug-likeness (QED) is 0.845. The van der Waals surface area contributed by atoms with E-state index in [1.54, 1.807) is 0 Å². The maximum Gasteiger partial charge on any atom is 0.309 e. The molecule has 3 aliphatic rings. The van der Waals surface area contributed by atoms with E-state index < -0.39 is 11.4 Å². The molecular weight excluding hydrogens is 212 g/mol. The number of hydrogen-bond donors (Lipinski definition) is 1. The van der Waals surface area contributed by atoms with Gasteiger partial charge in [0.15, 0.2) is 0 Å². The fourth-order valence-electron chi connectivity index (χ4n) is 3.73. The van der Waals surface area contributed by atoms with Crippen LogP contribution in [0.15, 0.2) is 30.3 Å². The highest BCUT2D eigenvalue weighted by atomic mass is 16.4. The van der Waals surface area contributed by atoms with Gasteiger partial charge in [0.1, 0.15) is 0 Å². The van der Waals surface area contributed by atoms with Crippen LogP contribution < -0.4 is 0 Å². The average Bonchev–Trinajstić information content (AvgIpc) is 2.42. The molecule has 3 fully saturated rings. The van der Waals surface area contributed by atoms with Gasteiger partial charge in [-0.25, -0.2) is 0 Å². The number of carbonyl (C=O) groups is 1. The monoisotopic (exact) mass is 230 g/mol. The van der Waals surface area contributed by atoms with Crippen LogP contribution in [0.2, 0.25) is 0 Å². The molecule has 4 rings (SSSR count). The zero-order chi connectivity index (χ0) is 11.9. The second-order valence-corrected chi connectivity index (χ2v) is 5.73. The first-order valence-corrected chi connectivity index (χ1v) is 6.46. The molecule has 1 N–H and O–H groups in total. The molecule has 3 saturated carbocycles. The van der Waals surface area contributed by atoms with Crippen molar-refractivity contribution in [2.24, 2.45) is 5.41 Å². The number of carboxylic acid groups (broad SMARTS) is 1. The van der Waals surface area contributed by atoms with Crippen LogP contribution in [0, 0.1) is 5.41 Å². The lowest BCUT2D eigenvalue weighted by atomic mass is 9.52. The number of hydrogen-bond acceptors (Lipinski definition) is 1. The van der Waals surface area contributed by atoms with Crippen LogP contribution in [0.5, 0.6) is 0 Å². The molecule has 0 radical (unpaired) electrons. The van der Waals surface area contributed by atoms with Crippen molar-refractivity contribution in [1.82, 2.24) is 0 Å². The molecule has 0 saturated heterocycles. The van der Waals surface area contributed by atoms with Gasteiger partial charge >= 0.3 is 5.97 Å². The predicted molar refractivity (Wildman–Crippen MR) is 65.9 cm³/mol. The fourth-order valence-corrected chi connectivity index (χ4v) is 3.73. The van der Waals surface area contributed by atoms with Gasteiger partial charge in [-0.15, -0.1) is 0 Å². The van der Waals surface area contributed by atoms with Gasteiger partial charge in [0.2, 0.25) is 0 Å². The van der Waals surface area contributed by atoms with Gasteiger partial charge in [-0.1, -0.05) is 30.3 Å². The summed E-state index contributed by atoms with van der Waals surface area (Å²) in [5, 5.41) is 9.37. The molecule has 0 heterocycles. The number of aliphatic carboxylic acids is 1. The Morgan fingerprint density at radius 1 is 0.941 bits per heavy atom. The molecule has 0 aromatic heterocycles. The van der Waals surface area contributed by atoms with Crippen molar-refractivity contribution in [3.8, 4) is 0 Å². The third kappa shape index (κ3) is 1.50. The standard InChI is InChI=1S/C15H18O2/c16-13(17)15-9-6-14(7-10-15,8-11-15)12-4-2-1-3-5-12/h1-5H,6-11H2,(H,16,17). The van der Waals surface area contributed by atoms with E-state index in [9.17, 15) is 9.90 Å². The number of benzene rings is 1. The van der Waals surface area contributed by atoms with Crippen LogP contribution in [0.4, 0.5) is 0 Å². The fraction of sp³-hybridized carbons (Fsp3) is 0.533. The predicted octanol–water partition coefficient (Wildman–Crippen LogP) is 3.36. The molecule has 0 amide bonds. The first-order chi connectivity index (χ1) is 8.17. The van der Waals surface area contributed by atoms with Crippen molar-refractivity contribution in [3.63, 3.8) is 0 Å². The van der Waals surface area contributed by atoms with E-state index in [0.717, 1.165) is 38.5 Å². The Bertz CT molecular complexity index is 411. The van der Waals surface area contributed by atoms with Gasteiger partial charge in [-0.05, 0) is 49.5 Å². The summed E-state index contributed by atoms with van der Waals surface area (Å²) in [6, 6.07) is 10.7. The Kier molecular flexibility index (Phi) is 2.29. The highest BCUT2D eigenvalue weighted by Crippen LogP contribution is 2.57. The largest absolute Gasteiger partial charge is 0.481 e. The Morgan fingerprint density at radius 3 is 1.94 bits per heavy atom. The molecule has 2 bridgehead atoms. The van der Waals surface area contributed by atoms with E-state index in [-0.39, 0.29) is 5.41 Å². The molecule has 1 aromatic carbocycles. The summed E-state index contributed by atoms with van der Waals surface area (Å²) in [6.45, 7) is 0. The van der Waals surface area contributed by atoms with E-state index in [2.05, 4.69) is 24.3 Å². The molecule has 0 aliphatic heterocycles. The van der Waals surface area contributed by atoms with Crippen molar-refractivity contribution in [2.45, 2.75) is 43.9 Å². The topological polar surface area (TPSA) is 37.3 Å². The van der Waals surface area contributed by atoms with Gasteiger partial charge in [0.25, 0.3) is 0 Å². The molecule has 0 unspecified atom stereocenters. The molecule has 17 heavy (non-hydrogen) atoms. The minimum atomic E-state index is -0.570. The molecule has 1 aromatic rings. The zero-order valence-electron chi connectivity index (χ0n) is 9.98. The molecular formula is C15H18O2. The number of carboxylic acids is 1. The summed E-state index contributed by atoms with van der Waals surface area (Å²) in [7, 11) is 0. The van der Waals surface area contributed by atoms with E-state index in [1.807, 2.05) is 6.07 Å². The van der Waals surface area contributed by atoms with Crippen molar-refractivity contribution < 1.29 is 9.90 Å². The van der Waals surface area contributed by atoms with E-state index in [4.69, 9.17) is 0 Å². The summed E-state index contributed by atoms with van der Waals surface area (Å²) >= 11 is 0. The minimum absolute atomic E-state index is 0.276. The van der Waals surface area contributed by atoms with Crippen LogP contribution in [0.25, 0.3) is 0 Å². The molecule has 90 valence electrons. The summed E-state index contributed by atoms with van der Waals surface area (Å²) in [4.78, 5) is 11.4. The second-order valence-electron chi connectivity index (χ2n) is 5.73. The summed E-state index contributed by atoms with van der Waals surface area (Å²) in [5.74, 6) is -0.570. The van der Waals surface area contributed by atoms with Crippen molar-refractivity contribution >= 4 is 5.97 Å². The van der Waals surface area contributed by atoms with Crippen LogP contribution in [0.1, 0.15) is 44.1 Å². The van der Waals surface area contributed by atoms with E-state index in [0.29, 0.717) is 0 Å². The first-order valence-electron chi connectivity index (χ1n) is 6.46. The van der Waals surface area contributed by atoms with Gasteiger partial charge in [-0.2, -0.15) is 0 Å². The molecule has 2 heteroatoms. The third-order valence-corrected chi connectivity index (χ3v) is 5.09. The van der Waals surface area contributed by atoms with Crippen LogP contribution in [0.3, 0.4) is 0 Å². The maximum absolute atomic E-state index is 11.4. The van der Waals surface area contributed by atoms with Crippen molar-refractivity contribution in [1.29, 1.82) is 0 Å². The molecule has 3 aliphatic carbocycles. The van der Waals surface area contributed by atoms with Crippen molar-refractivity contribution in [3.05, 3.63) is 35.9 Å². The number of rotatable bonds is 2. The zero-order valence-corrected chi connectivity index (χ0v) is 9.98. The minimum Gasteiger partial charge on any atom is -0.481 e. The van der Waals surface area contributed by atoms with Crippen molar-refractivity contribution in [2.75, 3.05) is 0 Å². The highest BCUT2D eigenvalue weighted by Gasteiger charge is 2.52. The smallest absolute Gasteiger partial charge is 0.309 e. The van der Waals surface area contributed by atoms with Gasteiger partial charge < -0.3 is 5.11 Å². The lowest BCUT2D eigenvalue weighted by Crippen LogP contribution is -2.47. The van der Waals surface area contributed by atoms with E-state index in [1.165, 1.54) is 5.56 Å². The first kappa shape index (κ1) is 10.8. The van der Waals surface area contributed by atoms with E-state index >= 15 is 0 Å². The summed E-state index contributed by atoms with van der Waals surface area (Å²) in [5.41, 5.74) is 1.30. The normalized spacial score (nSPS) is 35.8. The summed E-state index contributed by atoms with van der Waals surface area (Å²) in [6.07, 6.45) is 5.71. The highest BCUT2D eigenvalue weighted by molar-refractivity contribution is 5.75. The second kappa shape index (κ2) is 3.59. The van der Waals surface area contributed by atoms with Crippen LogP contribution >= 0.6 is 0 Å². The van der Waals surface area contributed by atoms with Gasteiger partial charge in [-0.3, -0.25) is 4.79 Å². The molecule has 2 nitrogen and oxygen atoms in total. The lowest BCUT2D eigenvalue weighted by Gasteiger charge is -2.51. The number of fused-ring (bicyclic) bond motifs is 3. The maximum atomic E-state index is 11.4. The molecule has 0 spiro atoms. The lowest BCUT2D eigenvalue weighted by molar-refractivity contribution is -0.156. The molecule has 0 atom stereocenters. The SMILES string of the molecule is O=C(O)C12CCC(c3ccccc3)(CC1)CC2. The summed E-state index contributed by atoms with van der Waals surface area (Å²) < 4.78 is 0. The van der Waals surface area contributed by atoms with Crippen LogP contribution in [-0.4, -0.2) is 11.1 Å².